The number of hydrogen-bond donors (Lipinski definition) is 4. The lowest BCUT2D eigenvalue weighted by atomic mass is 9.94. The molecule has 0 aromatic heterocycles. The molecule has 0 saturated heterocycles. The Morgan fingerprint density at radius 1 is 1.00 bits per heavy atom. The van der Waals surface area contributed by atoms with Crippen molar-refractivity contribution in [2.24, 2.45) is 11.8 Å². The molecule has 2 aliphatic rings. The Labute approximate surface area is 225 Å². The highest BCUT2D eigenvalue weighted by Crippen LogP contribution is 2.21. The molecule has 5 atom stereocenters. The van der Waals surface area contributed by atoms with Crippen molar-refractivity contribution in [2.75, 3.05) is 7.05 Å². The maximum absolute atomic E-state index is 13.8. The van der Waals surface area contributed by atoms with Gasteiger partial charge in [-0.2, -0.15) is 0 Å². The van der Waals surface area contributed by atoms with Crippen molar-refractivity contribution >= 4 is 23.8 Å². The molecule has 2 bridgehead atoms. The number of amides is 3. The smallest absolute Gasteiger partial charge is 0.247 e. The summed E-state index contributed by atoms with van der Waals surface area (Å²) in [5, 5.41) is 11.7. The Bertz CT molecular complexity index is 1100. The Morgan fingerprint density at radius 3 is 2.29 bits per heavy atom. The van der Waals surface area contributed by atoms with Gasteiger partial charge in [0.1, 0.15) is 23.9 Å². The van der Waals surface area contributed by atoms with Crippen LogP contribution < -0.4 is 26.0 Å². The number of benzene rings is 2. The van der Waals surface area contributed by atoms with Crippen LogP contribution in [0.1, 0.15) is 45.2 Å². The molecule has 0 radical (unpaired) electrons. The molecule has 0 unspecified atom stereocenters. The summed E-state index contributed by atoms with van der Waals surface area (Å²) in [6.45, 7) is 7.76. The largest absolute Gasteiger partial charge is 0.487 e. The van der Waals surface area contributed by atoms with Crippen LogP contribution in [-0.4, -0.2) is 49.0 Å². The molecule has 4 N–H and O–H groups in total. The van der Waals surface area contributed by atoms with Gasteiger partial charge in [-0.05, 0) is 54.6 Å². The number of ether oxygens (including phenoxy) is 1. The molecule has 0 saturated carbocycles. The van der Waals surface area contributed by atoms with Gasteiger partial charge < -0.3 is 26.0 Å². The zero-order valence-corrected chi connectivity index (χ0v) is 22.9. The molecule has 4 rings (SSSR count). The quantitative estimate of drug-likeness (QED) is 0.428. The Hall–Kier alpha value is -3.65. The van der Waals surface area contributed by atoms with Crippen molar-refractivity contribution in [3.8, 4) is 5.75 Å². The molecule has 204 valence electrons. The number of fused-ring (bicyclic) bond motifs is 10. The minimum absolute atomic E-state index is 0.128. The molecule has 3 amide bonds. The van der Waals surface area contributed by atoms with E-state index in [2.05, 4.69) is 21.3 Å². The summed E-state index contributed by atoms with van der Waals surface area (Å²) >= 11 is 0. The van der Waals surface area contributed by atoms with E-state index in [0.29, 0.717) is 18.6 Å². The van der Waals surface area contributed by atoms with Crippen LogP contribution >= 0.6 is 0 Å². The highest BCUT2D eigenvalue weighted by Gasteiger charge is 2.38. The van der Waals surface area contributed by atoms with E-state index in [1.54, 1.807) is 19.3 Å². The standard InChI is InChI=1S/C30H40N4O4/c1-6-20(4)25-29(36)32-17-16-21-12-14-23(15-13-21)38-27(19(2)3)26(30(37)33-25)34-28(35)24(31-5)18-22-10-8-7-9-11-22/h7-17,19-20,24-27,31H,6,18H2,1-5H3,(H,32,36)(H,33,37)(H,34,35)/t20-,24-,25+,26+,27+/m0/s1. The highest BCUT2D eigenvalue weighted by atomic mass is 16.5. The van der Waals surface area contributed by atoms with Crippen molar-refractivity contribution < 1.29 is 19.1 Å². The second-order valence-electron chi connectivity index (χ2n) is 10.1. The lowest BCUT2D eigenvalue weighted by Crippen LogP contribution is -2.62. The summed E-state index contributed by atoms with van der Waals surface area (Å²) in [5.41, 5.74) is 1.89. The molecule has 2 aromatic rings. The normalized spacial score (nSPS) is 21.6. The van der Waals surface area contributed by atoms with E-state index < -0.39 is 30.1 Å². The molecule has 2 heterocycles. The number of carbonyl (C=O) groups is 3. The van der Waals surface area contributed by atoms with Crippen molar-refractivity contribution in [1.29, 1.82) is 0 Å². The van der Waals surface area contributed by atoms with Crippen molar-refractivity contribution in [3.05, 3.63) is 71.9 Å². The van der Waals surface area contributed by atoms with Crippen LogP contribution in [-0.2, 0) is 20.8 Å². The summed E-state index contributed by atoms with van der Waals surface area (Å²) in [7, 11) is 1.72. The van der Waals surface area contributed by atoms with E-state index in [-0.39, 0.29) is 23.7 Å². The molecule has 0 aliphatic carbocycles. The summed E-state index contributed by atoms with van der Waals surface area (Å²) in [4.78, 5) is 40.4. The van der Waals surface area contributed by atoms with Gasteiger partial charge in [-0.1, -0.05) is 76.6 Å². The molecular weight excluding hydrogens is 480 g/mol. The van der Waals surface area contributed by atoms with Gasteiger partial charge in [0.25, 0.3) is 0 Å². The predicted molar refractivity (Wildman–Crippen MR) is 149 cm³/mol. The Balaban J connectivity index is 1.97. The first-order valence-corrected chi connectivity index (χ1v) is 13.3. The fourth-order valence-electron chi connectivity index (χ4n) is 4.38. The van der Waals surface area contributed by atoms with Gasteiger partial charge in [0, 0.05) is 6.20 Å². The zero-order valence-electron chi connectivity index (χ0n) is 22.9. The third-order valence-corrected chi connectivity index (χ3v) is 6.96. The van der Waals surface area contributed by atoms with Gasteiger partial charge in [-0.15, -0.1) is 0 Å². The number of hydrogen-bond acceptors (Lipinski definition) is 5. The minimum Gasteiger partial charge on any atom is -0.487 e. The summed E-state index contributed by atoms with van der Waals surface area (Å²) < 4.78 is 6.32. The number of rotatable bonds is 8. The number of likely N-dealkylation sites (N-methyl/N-ethyl adjacent to an activating group) is 1. The van der Waals surface area contributed by atoms with Crippen LogP contribution in [0.15, 0.2) is 60.8 Å². The Morgan fingerprint density at radius 2 is 1.68 bits per heavy atom. The Kier molecular flexibility index (Phi) is 10.5. The molecular formula is C30H40N4O4. The van der Waals surface area contributed by atoms with Gasteiger partial charge in [0.2, 0.25) is 17.7 Å². The maximum atomic E-state index is 13.8. The predicted octanol–water partition coefficient (Wildman–Crippen LogP) is 3.04. The summed E-state index contributed by atoms with van der Waals surface area (Å²) in [5.74, 6) is -0.781. The minimum atomic E-state index is -1.04. The van der Waals surface area contributed by atoms with Crippen LogP contribution in [0.3, 0.4) is 0 Å². The first kappa shape index (κ1) is 28.9. The third-order valence-electron chi connectivity index (χ3n) is 6.96. The first-order chi connectivity index (χ1) is 18.2. The van der Waals surface area contributed by atoms with Crippen LogP contribution in [0.25, 0.3) is 6.08 Å². The topological polar surface area (TPSA) is 109 Å². The maximum Gasteiger partial charge on any atom is 0.247 e. The van der Waals surface area contributed by atoms with Gasteiger partial charge in [-0.3, -0.25) is 14.4 Å². The van der Waals surface area contributed by atoms with Crippen LogP contribution in [0.2, 0.25) is 0 Å². The molecule has 8 nitrogen and oxygen atoms in total. The van der Waals surface area contributed by atoms with Gasteiger partial charge in [0.15, 0.2) is 0 Å². The molecule has 8 heteroatoms. The third kappa shape index (κ3) is 7.68. The van der Waals surface area contributed by atoms with E-state index in [4.69, 9.17) is 4.74 Å². The monoisotopic (exact) mass is 520 g/mol. The average molecular weight is 521 g/mol. The van der Waals surface area contributed by atoms with Crippen molar-refractivity contribution in [1.82, 2.24) is 21.3 Å². The van der Waals surface area contributed by atoms with E-state index in [9.17, 15) is 14.4 Å². The molecule has 0 spiro atoms. The van der Waals surface area contributed by atoms with E-state index >= 15 is 0 Å². The molecule has 2 aromatic carbocycles. The van der Waals surface area contributed by atoms with Crippen molar-refractivity contribution in [2.45, 2.75) is 64.8 Å². The molecule has 2 aliphatic heterocycles. The summed E-state index contributed by atoms with van der Waals surface area (Å²) in [6, 6.07) is 14.7. The zero-order chi connectivity index (χ0) is 27.7. The van der Waals surface area contributed by atoms with Crippen LogP contribution in [0, 0.1) is 11.8 Å². The number of carbonyl (C=O) groups excluding carboxylic acids is 3. The van der Waals surface area contributed by atoms with Gasteiger partial charge >= 0.3 is 0 Å². The fraction of sp³-hybridized carbons (Fsp3) is 0.433. The first-order valence-electron chi connectivity index (χ1n) is 13.3. The average Bonchev–Trinajstić information content (AvgIpc) is 2.92. The molecule has 38 heavy (non-hydrogen) atoms. The van der Waals surface area contributed by atoms with E-state index in [1.807, 2.05) is 82.3 Å². The lowest BCUT2D eigenvalue weighted by molar-refractivity contribution is -0.135. The highest BCUT2D eigenvalue weighted by molar-refractivity contribution is 5.94. The van der Waals surface area contributed by atoms with E-state index in [0.717, 1.165) is 11.1 Å². The number of nitrogens with one attached hydrogen (secondary N) is 4. The molecule has 0 fully saturated rings. The second-order valence-corrected chi connectivity index (χ2v) is 10.1. The van der Waals surface area contributed by atoms with Crippen LogP contribution in [0.5, 0.6) is 5.75 Å². The van der Waals surface area contributed by atoms with Crippen LogP contribution in [0.4, 0.5) is 0 Å². The lowest BCUT2D eigenvalue weighted by Gasteiger charge is -2.33. The fourth-order valence-corrected chi connectivity index (χ4v) is 4.38. The summed E-state index contributed by atoms with van der Waals surface area (Å²) in [6.07, 6.45) is 3.82. The van der Waals surface area contributed by atoms with Crippen molar-refractivity contribution in [3.63, 3.8) is 0 Å². The second kappa shape index (κ2) is 13.8. The van der Waals surface area contributed by atoms with Gasteiger partial charge in [-0.25, -0.2) is 0 Å². The van der Waals surface area contributed by atoms with E-state index in [1.165, 1.54) is 0 Å². The SMILES string of the molecule is CC[C@H](C)[C@H]1NC(=O)[C@H](NC(=O)[C@H](Cc2ccccc2)NC)[C@@H](C(C)C)Oc2ccc(cc2)C=CNC1=O. The van der Waals surface area contributed by atoms with Gasteiger partial charge in [0.05, 0.1) is 6.04 Å².